The van der Waals surface area contributed by atoms with Gasteiger partial charge in [-0.15, -0.1) is 10.2 Å². The van der Waals surface area contributed by atoms with Gasteiger partial charge in [-0.05, 0) is 48.7 Å². The van der Waals surface area contributed by atoms with Gasteiger partial charge >= 0.3 is 6.18 Å². The van der Waals surface area contributed by atoms with E-state index in [1.54, 1.807) is 36.7 Å². The van der Waals surface area contributed by atoms with Gasteiger partial charge in [0, 0.05) is 18.6 Å². The molecule has 1 unspecified atom stereocenters. The number of carbonyl (C=O) groups excluding carboxylic acids is 2. The van der Waals surface area contributed by atoms with Crippen LogP contribution >= 0.6 is 0 Å². The minimum atomic E-state index is -4.53. The van der Waals surface area contributed by atoms with Gasteiger partial charge in [0.2, 0.25) is 5.91 Å². The van der Waals surface area contributed by atoms with Gasteiger partial charge in [-0.2, -0.15) is 18.3 Å². The number of alkyl halides is 4. The lowest BCUT2D eigenvalue weighted by Crippen LogP contribution is -2.24. The zero-order valence-corrected chi connectivity index (χ0v) is 20.8. The van der Waals surface area contributed by atoms with E-state index >= 15 is 0 Å². The number of pyridine rings is 2. The van der Waals surface area contributed by atoms with Gasteiger partial charge in [0.05, 0.1) is 42.7 Å². The van der Waals surface area contributed by atoms with Crippen molar-refractivity contribution in [3.05, 3.63) is 89.4 Å². The van der Waals surface area contributed by atoms with E-state index in [2.05, 4.69) is 41.1 Å². The minimum absolute atomic E-state index is 0.0163. The third-order valence-electron chi connectivity index (χ3n) is 5.52. The molecule has 2 amide bonds. The summed E-state index contributed by atoms with van der Waals surface area (Å²) in [5.74, 6) is -0.692. The summed E-state index contributed by atoms with van der Waals surface area (Å²) in [6.07, 6.45) is 0.0847. The summed E-state index contributed by atoms with van der Waals surface area (Å²) in [5, 5.41) is 20.4. The van der Waals surface area contributed by atoms with Crippen molar-refractivity contribution in [3.8, 4) is 0 Å². The molecule has 0 aliphatic carbocycles. The molecule has 208 valence electrons. The molecule has 1 atom stereocenters. The third-order valence-corrected chi connectivity index (χ3v) is 5.52. The number of halogens is 4. The van der Waals surface area contributed by atoms with Crippen LogP contribution in [-0.2, 0) is 36.9 Å². The highest BCUT2D eigenvalue weighted by molar-refractivity contribution is 5.92. The number of nitrogens with zero attached hydrogens (tertiary/aromatic N) is 7. The van der Waals surface area contributed by atoms with E-state index in [4.69, 9.17) is 0 Å². The van der Waals surface area contributed by atoms with Crippen LogP contribution in [0, 0.1) is 0 Å². The molecule has 0 aliphatic rings. The van der Waals surface area contributed by atoms with Crippen LogP contribution in [-0.4, -0.2) is 53.1 Å². The number of hydrogen-bond donors (Lipinski definition) is 2. The zero-order valence-electron chi connectivity index (χ0n) is 20.8. The van der Waals surface area contributed by atoms with Crippen molar-refractivity contribution in [2.75, 3.05) is 5.32 Å². The highest BCUT2D eigenvalue weighted by atomic mass is 19.4. The first-order valence-electron chi connectivity index (χ1n) is 12.0. The van der Waals surface area contributed by atoms with Crippen molar-refractivity contribution in [1.29, 1.82) is 0 Å². The Labute approximate surface area is 225 Å². The molecule has 11 nitrogen and oxygen atoms in total. The number of anilines is 1. The Hall–Kier alpha value is -4.82. The molecule has 2 N–H and O–H groups in total. The van der Waals surface area contributed by atoms with Crippen LogP contribution < -0.4 is 10.6 Å². The standard InChI is InChI=1S/C25H23F4N9O2/c26-18(3-4-19-5-6-22(36-34-19)33-23(39)10-16-2-1-8-30-12-16)14-38-15-21(35-37-38)24(40)32-13-20-11-17(7-9-31-20)25(27,28)29/h1-2,5-9,11-12,15,18H,3-4,10,13-14H2,(H,32,40)(H,33,36,39). The number of aryl methyl sites for hydroxylation is 1. The fourth-order valence-electron chi connectivity index (χ4n) is 3.54. The maximum atomic E-state index is 14.5. The van der Waals surface area contributed by atoms with Crippen molar-refractivity contribution in [3.63, 3.8) is 0 Å². The van der Waals surface area contributed by atoms with Crippen LogP contribution in [0.4, 0.5) is 23.4 Å². The fraction of sp³-hybridized carbons (Fsp3) is 0.280. The monoisotopic (exact) mass is 557 g/mol. The topological polar surface area (TPSA) is 140 Å². The number of rotatable bonds is 11. The Morgan fingerprint density at radius 2 is 1.88 bits per heavy atom. The van der Waals surface area contributed by atoms with Gasteiger partial charge in [-0.1, -0.05) is 11.3 Å². The zero-order chi connectivity index (χ0) is 28.5. The highest BCUT2D eigenvalue weighted by Gasteiger charge is 2.30. The smallest absolute Gasteiger partial charge is 0.345 e. The predicted octanol–water partition coefficient (Wildman–Crippen LogP) is 2.96. The molecule has 0 radical (unpaired) electrons. The van der Waals surface area contributed by atoms with Crippen molar-refractivity contribution >= 4 is 17.6 Å². The first-order chi connectivity index (χ1) is 19.2. The molecular weight excluding hydrogens is 534 g/mol. The van der Waals surface area contributed by atoms with Crippen molar-refractivity contribution < 1.29 is 27.2 Å². The Bertz CT molecular complexity index is 1430. The second kappa shape index (κ2) is 12.8. The Morgan fingerprint density at radius 3 is 2.60 bits per heavy atom. The highest BCUT2D eigenvalue weighted by Crippen LogP contribution is 2.29. The summed E-state index contributed by atoms with van der Waals surface area (Å²) in [6, 6.07) is 8.40. The summed E-state index contributed by atoms with van der Waals surface area (Å²) >= 11 is 0. The van der Waals surface area contributed by atoms with Crippen LogP contribution in [0.15, 0.2) is 61.2 Å². The molecule has 0 aromatic carbocycles. The predicted molar refractivity (Wildman–Crippen MR) is 132 cm³/mol. The SMILES string of the molecule is O=C(Cc1cccnc1)Nc1ccc(CCC(F)Cn2cc(C(=O)NCc3cc(C(F)(F)F)ccn3)nn2)nn1. The van der Waals surface area contributed by atoms with E-state index in [-0.39, 0.29) is 55.5 Å². The van der Waals surface area contributed by atoms with Gasteiger partial charge in [-0.25, -0.2) is 9.07 Å². The normalized spacial score (nSPS) is 12.1. The van der Waals surface area contributed by atoms with Crippen LogP contribution in [0.1, 0.15) is 39.4 Å². The first kappa shape index (κ1) is 28.2. The van der Waals surface area contributed by atoms with E-state index in [1.165, 1.54) is 6.20 Å². The molecule has 0 fully saturated rings. The lowest BCUT2D eigenvalue weighted by Gasteiger charge is -2.08. The van der Waals surface area contributed by atoms with Gasteiger partial charge in [0.25, 0.3) is 5.91 Å². The van der Waals surface area contributed by atoms with Crippen LogP contribution in [0.3, 0.4) is 0 Å². The lowest BCUT2D eigenvalue weighted by molar-refractivity contribution is -0.137. The Kier molecular flexibility index (Phi) is 9.04. The number of carbonyl (C=O) groups is 2. The quantitative estimate of drug-likeness (QED) is 0.268. The second-order valence-electron chi connectivity index (χ2n) is 8.67. The average Bonchev–Trinajstić information content (AvgIpc) is 3.40. The van der Waals surface area contributed by atoms with Gasteiger partial charge in [-0.3, -0.25) is 19.6 Å². The van der Waals surface area contributed by atoms with Crippen LogP contribution in [0.25, 0.3) is 0 Å². The molecular formula is C25H23F4N9O2. The third kappa shape index (κ3) is 8.34. The molecule has 15 heteroatoms. The van der Waals surface area contributed by atoms with Crippen molar-refractivity contribution in [2.24, 2.45) is 0 Å². The maximum Gasteiger partial charge on any atom is 0.416 e. The van der Waals surface area contributed by atoms with E-state index in [9.17, 15) is 27.2 Å². The molecule has 0 bridgehead atoms. The minimum Gasteiger partial charge on any atom is -0.345 e. The van der Waals surface area contributed by atoms with E-state index in [1.807, 2.05) is 0 Å². The number of amides is 2. The van der Waals surface area contributed by atoms with E-state index in [0.717, 1.165) is 28.6 Å². The summed E-state index contributed by atoms with van der Waals surface area (Å²) < 4.78 is 54.2. The molecule has 40 heavy (non-hydrogen) atoms. The first-order valence-corrected chi connectivity index (χ1v) is 12.0. The summed E-state index contributed by atoms with van der Waals surface area (Å²) in [4.78, 5) is 32.2. The summed E-state index contributed by atoms with van der Waals surface area (Å²) in [7, 11) is 0. The molecule has 4 heterocycles. The Balaban J connectivity index is 1.20. The largest absolute Gasteiger partial charge is 0.416 e. The molecule has 0 saturated heterocycles. The van der Waals surface area contributed by atoms with Gasteiger partial charge in [0.1, 0.15) is 6.17 Å². The van der Waals surface area contributed by atoms with Crippen LogP contribution in [0.2, 0.25) is 0 Å². The maximum absolute atomic E-state index is 14.5. The summed E-state index contributed by atoms with van der Waals surface area (Å²) in [5.41, 5.74) is 0.298. The number of aromatic nitrogens is 7. The molecule has 0 spiro atoms. The van der Waals surface area contributed by atoms with Crippen molar-refractivity contribution in [1.82, 2.24) is 40.5 Å². The lowest BCUT2D eigenvalue weighted by atomic mass is 10.1. The van der Waals surface area contributed by atoms with Crippen molar-refractivity contribution in [2.45, 2.75) is 44.7 Å². The van der Waals surface area contributed by atoms with Gasteiger partial charge in [0.15, 0.2) is 11.5 Å². The fourth-order valence-corrected chi connectivity index (χ4v) is 3.54. The average molecular weight is 558 g/mol. The number of hydrogen-bond acceptors (Lipinski definition) is 8. The van der Waals surface area contributed by atoms with Gasteiger partial charge < -0.3 is 10.6 Å². The molecule has 4 aromatic rings. The summed E-state index contributed by atoms with van der Waals surface area (Å²) in [6.45, 7) is -0.430. The van der Waals surface area contributed by atoms with Crippen LogP contribution in [0.5, 0.6) is 0 Å². The Morgan fingerprint density at radius 1 is 1.02 bits per heavy atom. The number of nitrogens with one attached hydrogen (secondary N) is 2. The second-order valence-corrected chi connectivity index (χ2v) is 8.67. The molecule has 0 aliphatic heterocycles. The molecule has 4 rings (SSSR count). The molecule has 4 aromatic heterocycles. The van der Waals surface area contributed by atoms with E-state index < -0.39 is 23.8 Å². The molecule has 0 saturated carbocycles. The van der Waals surface area contributed by atoms with E-state index in [0.29, 0.717) is 5.69 Å².